The van der Waals surface area contributed by atoms with Crippen LogP contribution in [0.5, 0.6) is 0 Å². The number of carbonyl (C=O) groups excluding carboxylic acids is 1. The van der Waals surface area contributed by atoms with Crippen LogP contribution in [0.2, 0.25) is 5.02 Å². The van der Waals surface area contributed by atoms with Crippen molar-refractivity contribution >= 4 is 28.6 Å². The number of benzene rings is 2. The van der Waals surface area contributed by atoms with Gasteiger partial charge in [0.1, 0.15) is 11.5 Å². The van der Waals surface area contributed by atoms with Gasteiger partial charge in [-0.1, -0.05) is 47.5 Å². The van der Waals surface area contributed by atoms with Crippen LogP contribution in [-0.4, -0.2) is 21.3 Å². The second-order valence-electron chi connectivity index (χ2n) is 9.09. The molecule has 2 aromatic heterocycles. The van der Waals surface area contributed by atoms with E-state index in [0.29, 0.717) is 34.0 Å². The minimum absolute atomic E-state index is 0.292. The first-order chi connectivity index (χ1) is 16.1. The number of cyclic esters (lactones) is 1. The van der Waals surface area contributed by atoms with Crippen LogP contribution < -0.4 is 0 Å². The fourth-order valence-corrected chi connectivity index (χ4v) is 4.63. The number of nitrogens with zero attached hydrogens (tertiary/aromatic N) is 2. The van der Waals surface area contributed by atoms with Gasteiger partial charge in [-0.2, -0.15) is 0 Å². The summed E-state index contributed by atoms with van der Waals surface area (Å²) in [5.74, 6) is -1.83. The maximum atomic E-state index is 14.5. The molecule has 174 valence electrons. The summed E-state index contributed by atoms with van der Waals surface area (Å²) in [6, 6.07) is 14.7. The molecule has 0 N–H and O–H groups in total. The molecule has 0 radical (unpaired) electrons. The third-order valence-corrected chi connectivity index (χ3v) is 6.29. The van der Waals surface area contributed by atoms with Crippen LogP contribution in [0.1, 0.15) is 42.3 Å². The molecule has 1 aliphatic heterocycles. The summed E-state index contributed by atoms with van der Waals surface area (Å²) in [5.41, 5.74) is 5.45. The largest absolute Gasteiger partial charge is 0.431 e. The molecule has 3 heterocycles. The summed E-state index contributed by atoms with van der Waals surface area (Å²) in [7, 11) is 0. The number of aromatic nitrogens is 2. The molecule has 34 heavy (non-hydrogen) atoms. The Morgan fingerprint density at radius 2 is 1.85 bits per heavy atom. The Bertz CT molecular complexity index is 1430. The lowest BCUT2D eigenvalue weighted by Crippen LogP contribution is -2.20. The Kier molecular flexibility index (Phi) is 5.46. The number of pyridine rings is 1. The lowest BCUT2D eigenvalue weighted by molar-refractivity contribution is -0.160. The minimum atomic E-state index is -1.02. The Hall–Kier alpha value is -3.22. The van der Waals surface area contributed by atoms with Gasteiger partial charge in [0.2, 0.25) is 5.79 Å². The monoisotopic (exact) mass is 478 g/mol. The highest BCUT2D eigenvalue weighted by Crippen LogP contribution is 2.43. The highest BCUT2D eigenvalue weighted by atomic mass is 35.5. The molecule has 2 aromatic carbocycles. The number of hydrogen-bond donors (Lipinski definition) is 0. The smallest absolute Gasteiger partial charge is 0.342 e. The number of rotatable bonds is 4. The van der Waals surface area contributed by atoms with Crippen molar-refractivity contribution < 1.29 is 18.7 Å². The van der Waals surface area contributed by atoms with Crippen LogP contribution in [0.3, 0.4) is 0 Å². The van der Waals surface area contributed by atoms with E-state index in [1.807, 2.05) is 54.9 Å². The van der Waals surface area contributed by atoms with Crippen molar-refractivity contribution in [3.63, 3.8) is 0 Å². The SMILES string of the molecule is Cc1ccc(-c2c(C3OC(C)(C)OC3=O)c(C)nc3c2ccn3Cc2ccc(Cl)cc2F)cc1. The van der Waals surface area contributed by atoms with E-state index in [9.17, 15) is 9.18 Å². The molecule has 1 fully saturated rings. The molecule has 0 bridgehead atoms. The molecular formula is C27H24ClFN2O3. The van der Waals surface area contributed by atoms with Crippen molar-refractivity contribution in [2.45, 2.75) is 46.1 Å². The molecule has 1 aliphatic rings. The summed E-state index contributed by atoms with van der Waals surface area (Å²) in [5, 5.41) is 1.20. The standard InChI is InChI=1S/C27H24ClFN2O3/c1-15-5-7-17(8-6-15)23-20-11-12-31(14-18-9-10-19(28)13-21(18)29)25(20)30-16(2)22(23)24-26(32)34-27(3,4)33-24/h5-13,24H,14H2,1-4H3. The molecule has 0 aliphatic carbocycles. The molecule has 1 saturated heterocycles. The van der Waals surface area contributed by atoms with E-state index in [2.05, 4.69) is 0 Å². The molecule has 4 aromatic rings. The van der Waals surface area contributed by atoms with Crippen LogP contribution in [0.25, 0.3) is 22.2 Å². The van der Waals surface area contributed by atoms with E-state index in [4.69, 9.17) is 26.1 Å². The lowest BCUT2D eigenvalue weighted by atomic mass is 9.92. The Morgan fingerprint density at radius 3 is 2.50 bits per heavy atom. The molecule has 0 spiro atoms. The summed E-state index contributed by atoms with van der Waals surface area (Å²) in [6.45, 7) is 7.61. The molecule has 5 rings (SSSR count). The Morgan fingerprint density at radius 1 is 1.12 bits per heavy atom. The topological polar surface area (TPSA) is 53.4 Å². The zero-order valence-corrected chi connectivity index (χ0v) is 20.1. The van der Waals surface area contributed by atoms with Crippen molar-refractivity contribution in [3.8, 4) is 11.1 Å². The predicted octanol–water partition coefficient (Wildman–Crippen LogP) is 6.51. The zero-order valence-electron chi connectivity index (χ0n) is 19.4. The maximum Gasteiger partial charge on any atom is 0.342 e. The van der Waals surface area contributed by atoms with Crippen molar-refractivity contribution in [2.75, 3.05) is 0 Å². The van der Waals surface area contributed by atoms with Crippen molar-refractivity contribution in [2.24, 2.45) is 0 Å². The van der Waals surface area contributed by atoms with Crippen LogP contribution in [0.4, 0.5) is 4.39 Å². The van der Waals surface area contributed by atoms with E-state index in [0.717, 1.165) is 22.1 Å². The van der Waals surface area contributed by atoms with Gasteiger partial charge >= 0.3 is 5.97 Å². The first-order valence-corrected chi connectivity index (χ1v) is 11.4. The first kappa shape index (κ1) is 22.6. The molecule has 0 saturated carbocycles. The van der Waals surface area contributed by atoms with Crippen molar-refractivity contribution in [3.05, 3.63) is 88.0 Å². The Labute approximate surface area is 202 Å². The number of esters is 1. The van der Waals surface area contributed by atoms with Crippen LogP contribution >= 0.6 is 11.6 Å². The van der Waals surface area contributed by atoms with E-state index in [-0.39, 0.29) is 5.82 Å². The summed E-state index contributed by atoms with van der Waals surface area (Å²) in [4.78, 5) is 17.6. The van der Waals surface area contributed by atoms with Gasteiger partial charge in [0, 0.05) is 52.8 Å². The predicted molar refractivity (Wildman–Crippen MR) is 129 cm³/mol. The molecule has 1 unspecified atom stereocenters. The highest BCUT2D eigenvalue weighted by Gasteiger charge is 2.44. The second-order valence-corrected chi connectivity index (χ2v) is 9.52. The second kappa shape index (κ2) is 8.22. The van der Waals surface area contributed by atoms with E-state index < -0.39 is 17.9 Å². The molecular weight excluding hydrogens is 455 g/mol. The Balaban J connectivity index is 1.71. The van der Waals surface area contributed by atoms with Crippen LogP contribution in [0, 0.1) is 19.7 Å². The van der Waals surface area contributed by atoms with Gasteiger partial charge in [-0.25, -0.2) is 14.2 Å². The van der Waals surface area contributed by atoms with Crippen molar-refractivity contribution in [1.82, 2.24) is 9.55 Å². The van der Waals surface area contributed by atoms with E-state index in [1.165, 1.54) is 6.07 Å². The van der Waals surface area contributed by atoms with Crippen LogP contribution in [-0.2, 0) is 20.8 Å². The van der Waals surface area contributed by atoms with Gasteiger partial charge in [-0.3, -0.25) is 0 Å². The minimum Gasteiger partial charge on any atom is -0.431 e. The normalized spacial score (nSPS) is 17.4. The third-order valence-electron chi connectivity index (χ3n) is 6.06. The van der Waals surface area contributed by atoms with Gasteiger partial charge in [0.25, 0.3) is 0 Å². The fraction of sp³-hybridized carbons (Fsp3) is 0.259. The molecule has 0 amide bonds. The van der Waals surface area contributed by atoms with E-state index in [1.54, 1.807) is 26.0 Å². The van der Waals surface area contributed by atoms with Gasteiger partial charge in [0.05, 0.1) is 6.54 Å². The number of fused-ring (bicyclic) bond motifs is 1. The number of halogens is 2. The first-order valence-electron chi connectivity index (χ1n) is 11.0. The molecule has 1 atom stereocenters. The summed E-state index contributed by atoms with van der Waals surface area (Å²) >= 11 is 5.92. The maximum absolute atomic E-state index is 14.5. The highest BCUT2D eigenvalue weighted by molar-refractivity contribution is 6.30. The van der Waals surface area contributed by atoms with Gasteiger partial charge in [-0.15, -0.1) is 0 Å². The number of hydrogen-bond acceptors (Lipinski definition) is 4. The van der Waals surface area contributed by atoms with Gasteiger partial charge in [-0.05, 0) is 37.6 Å². The lowest BCUT2D eigenvalue weighted by Gasteiger charge is -2.20. The average Bonchev–Trinajstić information content (AvgIpc) is 3.28. The van der Waals surface area contributed by atoms with E-state index >= 15 is 0 Å². The van der Waals surface area contributed by atoms with Crippen LogP contribution in [0.15, 0.2) is 54.7 Å². The molecule has 5 nitrogen and oxygen atoms in total. The quantitative estimate of drug-likeness (QED) is 0.314. The summed E-state index contributed by atoms with van der Waals surface area (Å²) in [6.07, 6.45) is 0.991. The zero-order chi connectivity index (χ0) is 24.2. The van der Waals surface area contributed by atoms with Gasteiger partial charge in [0.15, 0.2) is 6.10 Å². The molecule has 7 heteroatoms. The van der Waals surface area contributed by atoms with Crippen molar-refractivity contribution in [1.29, 1.82) is 0 Å². The number of aryl methyl sites for hydroxylation is 2. The number of ether oxygens (including phenoxy) is 2. The van der Waals surface area contributed by atoms with Gasteiger partial charge < -0.3 is 14.0 Å². The fourth-order valence-electron chi connectivity index (χ4n) is 4.47. The third kappa shape index (κ3) is 3.97. The average molecular weight is 479 g/mol. The summed E-state index contributed by atoms with van der Waals surface area (Å²) < 4.78 is 27.9. The number of carbonyl (C=O) groups is 1.